The number of ether oxygens (including phenoxy) is 1. The van der Waals surface area contributed by atoms with E-state index in [1.807, 2.05) is 25.2 Å². The lowest BCUT2D eigenvalue weighted by molar-refractivity contribution is 0.248. The van der Waals surface area contributed by atoms with E-state index in [9.17, 15) is 0 Å². The van der Waals surface area contributed by atoms with Gasteiger partial charge in [-0.25, -0.2) is 5.43 Å². The summed E-state index contributed by atoms with van der Waals surface area (Å²) < 4.78 is 5.34. The zero-order chi connectivity index (χ0) is 11.4. The first-order chi connectivity index (χ1) is 7.04. The summed E-state index contributed by atoms with van der Waals surface area (Å²) in [5.41, 5.74) is 5.75. The van der Waals surface area contributed by atoms with Crippen molar-refractivity contribution >= 4 is 0 Å². The average Bonchev–Trinajstić information content (AvgIpc) is 2.16. The molecule has 0 amide bonds. The minimum absolute atomic E-state index is 0.245. The van der Waals surface area contributed by atoms with Gasteiger partial charge in [0.15, 0.2) is 0 Å². The fourth-order valence-corrected chi connectivity index (χ4v) is 1.65. The molecule has 0 fully saturated rings. The van der Waals surface area contributed by atoms with Crippen molar-refractivity contribution in [3.63, 3.8) is 0 Å². The summed E-state index contributed by atoms with van der Waals surface area (Å²) in [6, 6.07) is 6.47. The smallest absolute Gasteiger partial charge is 0.123 e. The second kappa shape index (κ2) is 5.14. The Bertz CT molecular complexity index is 323. The summed E-state index contributed by atoms with van der Waals surface area (Å²) in [4.78, 5) is 0. The number of methoxy groups -OCH3 is 1. The molecule has 84 valence electrons. The zero-order valence-corrected chi connectivity index (χ0v) is 10.2. The van der Waals surface area contributed by atoms with Crippen molar-refractivity contribution < 1.29 is 4.74 Å². The second-order valence-corrected chi connectivity index (χ2v) is 3.99. The topological polar surface area (TPSA) is 24.5 Å². The monoisotopic (exact) mass is 208 g/mol. The molecule has 0 heterocycles. The standard InChI is InChI=1S/C12H20N2O/c1-9-6-7-12(15-5)11(8-9)10(2)13-14(3)4/h6-8,10,13H,1-5H3. The van der Waals surface area contributed by atoms with E-state index in [2.05, 4.69) is 31.4 Å². The van der Waals surface area contributed by atoms with Crippen LogP contribution in [0.15, 0.2) is 18.2 Å². The lowest BCUT2D eigenvalue weighted by atomic mass is 10.0. The highest BCUT2D eigenvalue weighted by Gasteiger charge is 2.11. The molecular weight excluding hydrogens is 188 g/mol. The Morgan fingerprint density at radius 1 is 1.33 bits per heavy atom. The van der Waals surface area contributed by atoms with Crippen LogP contribution in [0.3, 0.4) is 0 Å². The van der Waals surface area contributed by atoms with Gasteiger partial charge in [0, 0.05) is 25.7 Å². The Hall–Kier alpha value is -1.06. The van der Waals surface area contributed by atoms with Gasteiger partial charge in [0.2, 0.25) is 0 Å². The minimum Gasteiger partial charge on any atom is -0.496 e. The molecule has 0 aromatic heterocycles. The van der Waals surface area contributed by atoms with Gasteiger partial charge in [-0.1, -0.05) is 17.7 Å². The van der Waals surface area contributed by atoms with E-state index >= 15 is 0 Å². The van der Waals surface area contributed by atoms with Gasteiger partial charge in [-0.05, 0) is 19.9 Å². The number of hydrazine groups is 1. The predicted octanol–water partition coefficient (Wildman–Crippen LogP) is 2.13. The quantitative estimate of drug-likeness (QED) is 0.767. The van der Waals surface area contributed by atoms with Crippen LogP contribution in [-0.2, 0) is 0 Å². The van der Waals surface area contributed by atoms with Crippen LogP contribution in [0.1, 0.15) is 24.1 Å². The highest BCUT2D eigenvalue weighted by atomic mass is 16.5. The highest BCUT2D eigenvalue weighted by molar-refractivity contribution is 5.38. The first-order valence-corrected chi connectivity index (χ1v) is 5.12. The van der Waals surface area contributed by atoms with Crippen molar-refractivity contribution in [2.45, 2.75) is 19.9 Å². The molecule has 0 aliphatic carbocycles. The van der Waals surface area contributed by atoms with Gasteiger partial charge >= 0.3 is 0 Å². The normalized spacial score (nSPS) is 12.9. The highest BCUT2D eigenvalue weighted by Crippen LogP contribution is 2.25. The van der Waals surface area contributed by atoms with Crippen LogP contribution in [0.25, 0.3) is 0 Å². The number of rotatable bonds is 4. The Labute approximate surface area is 92.0 Å². The van der Waals surface area contributed by atoms with Crippen LogP contribution in [0.5, 0.6) is 5.75 Å². The van der Waals surface area contributed by atoms with Crippen molar-refractivity contribution in [3.05, 3.63) is 29.3 Å². The molecule has 1 N–H and O–H groups in total. The van der Waals surface area contributed by atoms with E-state index in [0.29, 0.717) is 0 Å². The predicted molar refractivity (Wildman–Crippen MR) is 63.0 cm³/mol. The molecule has 0 radical (unpaired) electrons. The molecule has 0 bridgehead atoms. The third-order valence-corrected chi connectivity index (χ3v) is 2.30. The summed E-state index contributed by atoms with van der Waals surface area (Å²) >= 11 is 0. The maximum atomic E-state index is 5.34. The Morgan fingerprint density at radius 3 is 2.53 bits per heavy atom. The Morgan fingerprint density at radius 2 is 2.00 bits per heavy atom. The van der Waals surface area contributed by atoms with Gasteiger partial charge in [-0.2, -0.15) is 0 Å². The molecule has 1 atom stereocenters. The number of hydrogen-bond donors (Lipinski definition) is 1. The van der Waals surface area contributed by atoms with Gasteiger partial charge in [-0.3, -0.25) is 5.01 Å². The summed E-state index contributed by atoms with van der Waals surface area (Å²) in [5.74, 6) is 0.933. The molecule has 1 rings (SSSR count). The van der Waals surface area contributed by atoms with Crippen molar-refractivity contribution in [3.8, 4) is 5.75 Å². The molecule has 1 aromatic carbocycles. The SMILES string of the molecule is COc1ccc(C)cc1C(C)NN(C)C. The third-order valence-electron chi connectivity index (χ3n) is 2.30. The number of benzene rings is 1. The van der Waals surface area contributed by atoms with Crippen LogP contribution >= 0.6 is 0 Å². The summed E-state index contributed by atoms with van der Waals surface area (Å²) in [6.45, 7) is 4.21. The fourth-order valence-electron chi connectivity index (χ4n) is 1.65. The number of nitrogens with zero attached hydrogens (tertiary/aromatic N) is 1. The van der Waals surface area contributed by atoms with Gasteiger partial charge in [0.05, 0.1) is 7.11 Å². The van der Waals surface area contributed by atoms with E-state index in [1.54, 1.807) is 7.11 Å². The van der Waals surface area contributed by atoms with Gasteiger partial charge in [0.1, 0.15) is 5.75 Å². The molecule has 3 nitrogen and oxygen atoms in total. The zero-order valence-electron chi connectivity index (χ0n) is 10.2. The van der Waals surface area contributed by atoms with Crippen LogP contribution in [-0.4, -0.2) is 26.2 Å². The van der Waals surface area contributed by atoms with Crippen LogP contribution in [0.2, 0.25) is 0 Å². The summed E-state index contributed by atoms with van der Waals surface area (Å²) in [6.07, 6.45) is 0. The molecule has 3 heteroatoms. The van der Waals surface area contributed by atoms with Crippen molar-refractivity contribution in [2.75, 3.05) is 21.2 Å². The van der Waals surface area contributed by atoms with Crippen molar-refractivity contribution in [1.29, 1.82) is 0 Å². The molecule has 1 unspecified atom stereocenters. The van der Waals surface area contributed by atoms with E-state index < -0.39 is 0 Å². The maximum absolute atomic E-state index is 5.34. The molecule has 0 saturated heterocycles. The van der Waals surface area contributed by atoms with Crippen LogP contribution in [0, 0.1) is 6.92 Å². The third kappa shape index (κ3) is 3.22. The Balaban J connectivity index is 2.94. The lowest BCUT2D eigenvalue weighted by Gasteiger charge is -2.21. The van der Waals surface area contributed by atoms with Crippen LogP contribution < -0.4 is 10.2 Å². The van der Waals surface area contributed by atoms with Gasteiger partial charge in [-0.15, -0.1) is 0 Å². The molecular formula is C12H20N2O. The van der Waals surface area contributed by atoms with E-state index in [-0.39, 0.29) is 6.04 Å². The van der Waals surface area contributed by atoms with Crippen molar-refractivity contribution in [2.24, 2.45) is 0 Å². The van der Waals surface area contributed by atoms with E-state index in [4.69, 9.17) is 4.74 Å². The lowest BCUT2D eigenvalue weighted by Crippen LogP contribution is -2.32. The largest absolute Gasteiger partial charge is 0.496 e. The first-order valence-electron chi connectivity index (χ1n) is 5.12. The molecule has 0 saturated carbocycles. The van der Waals surface area contributed by atoms with E-state index in [1.165, 1.54) is 11.1 Å². The molecule has 1 aromatic rings. The Kier molecular flexibility index (Phi) is 4.12. The minimum atomic E-state index is 0.245. The molecule has 0 spiro atoms. The van der Waals surface area contributed by atoms with Gasteiger partial charge < -0.3 is 4.74 Å². The second-order valence-electron chi connectivity index (χ2n) is 3.99. The number of aryl methyl sites for hydroxylation is 1. The van der Waals surface area contributed by atoms with Crippen LogP contribution in [0.4, 0.5) is 0 Å². The van der Waals surface area contributed by atoms with Gasteiger partial charge in [0.25, 0.3) is 0 Å². The average molecular weight is 208 g/mol. The summed E-state index contributed by atoms with van der Waals surface area (Å²) in [7, 11) is 5.67. The number of nitrogens with one attached hydrogen (secondary N) is 1. The number of hydrogen-bond acceptors (Lipinski definition) is 3. The fraction of sp³-hybridized carbons (Fsp3) is 0.500. The van der Waals surface area contributed by atoms with E-state index in [0.717, 1.165) is 5.75 Å². The maximum Gasteiger partial charge on any atom is 0.123 e. The molecule has 15 heavy (non-hydrogen) atoms. The first kappa shape index (κ1) is 12.0. The summed E-state index contributed by atoms with van der Waals surface area (Å²) in [5, 5.41) is 1.95. The molecule has 0 aliphatic rings. The molecule has 0 aliphatic heterocycles. The van der Waals surface area contributed by atoms with Crippen molar-refractivity contribution in [1.82, 2.24) is 10.4 Å².